The minimum Gasteiger partial charge on any atom is -0.454 e. The van der Waals surface area contributed by atoms with Gasteiger partial charge in [-0.3, -0.25) is 4.79 Å². The molecule has 3 aromatic rings. The van der Waals surface area contributed by atoms with E-state index in [0.29, 0.717) is 43.2 Å². The third-order valence-electron chi connectivity index (χ3n) is 4.39. The van der Waals surface area contributed by atoms with Crippen molar-refractivity contribution < 1.29 is 14.3 Å². The average molecular weight is 382 g/mol. The van der Waals surface area contributed by atoms with Gasteiger partial charge in [0.05, 0.1) is 0 Å². The number of anilines is 1. The fraction of sp³-hybridized carbons (Fsp3) is 0.368. The maximum atomic E-state index is 11.8. The summed E-state index contributed by atoms with van der Waals surface area (Å²) in [6.07, 6.45) is 1.76. The molecule has 0 unspecified atom stereocenters. The van der Waals surface area contributed by atoms with Gasteiger partial charge in [0, 0.05) is 25.9 Å². The number of hydrogen-bond acceptors (Lipinski definition) is 7. The van der Waals surface area contributed by atoms with E-state index >= 15 is 0 Å². The first-order chi connectivity index (χ1) is 13.7. The Hall–Kier alpha value is -3.36. The van der Waals surface area contributed by atoms with E-state index in [9.17, 15) is 4.79 Å². The fourth-order valence-corrected chi connectivity index (χ4v) is 2.91. The van der Waals surface area contributed by atoms with Crippen LogP contribution in [-0.2, 0) is 17.8 Å². The van der Waals surface area contributed by atoms with Crippen LogP contribution in [0.1, 0.15) is 31.2 Å². The number of aryl methyl sites for hydroxylation is 1. The summed E-state index contributed by atoms with van der Waals surface area (Å²) in [4.78, 5) is 11.8. The van der Waals surface area contributed by atoms with Crippen LogP contribution < -0.4 is 20.1 Å². The minimum absolute atomic E-state index is 0.00990. The highest BCUT2D eigenvalue weighted by Crippen LogP contribution is 2.32. The van der Waals surface area contributed by atoms with E-state index in [2.05, 4.69) is 25.9 Å². The van der Waals surface area contributed by atoms with Crippen LogP contribution in [0.2, 0.25) is 0 Å². The number of ether oxygens (including phenoxy) is 2. The Morgan fingerprint density at radius 2 is 2.07 bits per heavy atom. The Bertz CT molecular complexity index is 987. The number of nitrogens with one attached hydrogen (secondary N) is 2. The Balaban J connectivity index is 1.41. The summed E-state index contributed by atoms with van der Waals surface area (Å²) in [5.41, 5.74) is 1.71. The third kappa shape index (κ3) is 3.98. The largest absolute Gasteiger partial charge is 0.454 e. The molecule has 3 heterocycles. The van der Waals surface area contributed by atoms with Gasteiger partial charge in [0.2, 0.25) is 12.7 Å². The van der Waals surface area contributed by atoms with Gasteiger partial charge in [-0.25, -0.2) is 0 Å². The van der Waals surface area contributed by atoms with Crippen LogP contribution >= 0.6 is 0 Å². The van der Waals surface area contributed by atoms with Crippen LogP contribution in [-0.4, -0.2) is 39.1 Å². The zero-order chi connectivity index (χ0) is 19.3. The van der Waals surface area contributed by atoms with Gasteiger partial charge in [-0.05, 0) is 36.2 Å². The zero-order valence-electron chi connectivity index (χ0n) is 15.6. The molecule has 2 aromatic heterocycles. The average Bonchev–Trinajstić information content (AvgIpc) is 3.35. The molecule has 0 aliphatic carbocycles. The van der Waals surface area contributed by atoms with Crippen molar-refractivity contribution in [1.29, 1.82) is 0 Å². The summed E-state index contributed by atoms with van der Waals surface area (Å²) in [5.74, 6) is 2.89. The number of aromatic nitrogens is 4. The molecule has 0 radical (unpaired) electrons. The monoisotopic (exact) mass is 382 g/mol. The molecule has 4 rings (SSSR count). The molecule has 0 spiro atoms. The number of carbonyl (C=O) groups is 1. The molecule has 0 saturated carbocycles. The minimum atomic E-state index is 0.00990. The fourth-order valence-electron chi connectivity index (χ4n) is 2.91. The summed E-state index contributed by atoms with van der Waals surface area (Å²) in [5, 5.41) is 19.0. The first-order valence-electron chi connectivity index (χ1n) is 9.33. The maximum absolute atomic E-state index is 11.8. The molecule has 1 aromatic carbocycles. The second-order valence-corrected chi connectivity index (χ2v) is 6.50. The molecule has 1 aliphatic rings. The van der Waals surface area contributed by atoms with Crippen molar-refractivity contribution in [2.45, 2.75) is 32.7 Å². The lowest BCUT2D eigenvalue weighted by molar-refractivity contribution is -0.121. The number of amides is 1. The van der Waals surface area contributed by atoms with Gasteiger partial charge in [0.1, 0.15) is 5.82 Å². The molecule has 146 valence electrons. The van der Waals surface area contributed by atoms with Crippen molar-refractivity contribution in [3.8, 4) is 11.5 Å². The van der Waals surface area contributed by atoms with Gasteiger partial charge < -0.3 is 20.1 Å². The van der Waals surface area contributed by atoms with Gasteiger partial charge in [-0.15, -0.1) is 15.3 Å². The molecular weight excluding hydrogens is 360 g/mol. The van der Waals surface area contributed by atoms with Crippen LogP contribution in [0.4, 0.5) is 5.82 Å². The molecule has 0 saturated heterocycles. The number of carbonyl (C=O) groups excluding carboxylic acids is 1. The van der Waals surface area contributed by atoms with Gasteiger partial charge in [0.25, 0.3) is 0 Å². The summed E-state index contributed by atoms with van der Waals surface area (Å²) in [6.45, 7) is 3.56. The van der Waals surface area contributed by atoms with E-state index in [0.717, 1.165) is 23.5 Å². The highest BCUT2D eigenvalue weighted by atomic mass is 16.7. The molecular formula is C19H22N6O3. The quantitative estimate of drug-likeness (QED) is 0.613. The lowest BCUT2D eigenvalue weighted by Gasteiger charge is -2.07. The number of nitrogens with zero attached hydrogens (tertiary/aromatic N) is 4. The Kier molecular flexibility index (Phi) is 5.22. The van der Waals surface area contributed by atoms with Crippen molar-refractivity contribution in [2.24, 2.45) is 0 Å². The summed E-state index contributed by atoms with van der Waals surface area (Å²) >= 11 is 0. The lowest BCUT2D eigenvalue weighted by atomic mass is 10.2. The van der Waals surface area contributed by atoms with Crippen LogP contribution in [0.25, 0.3) is 5.65 Å². The van der Waals surface area contributed by atoms with Crippen LogP contribution in [0.5, 0.6) is 11.5 Å². The number of hydrogen-bond donors (Lipinski definition) is 2. The predicted octanol–water partition coefficient (Wildman–Crippen LogP) is 1.92. The Morgan fingerprint density at radius 1 is 1.18 bits per heavy atom. The normalized spacial score (nSPS) is 12.3. The van der Waals surface area contributed by atoms with E-state index in [1.807, 2.05) is 37.3 Å². The Labute approximate surface area is 162 Å². The van der Waals surface area contributed by atoms with E-state index < -0.39 is 0 Å². The molecule has 9 heteroatoms. The number of rotatable bonds is 8. The van der Waals surface area contributed by atoms with Crippen molar-refractivity contribution in [3.05, 3.63) is 41.7 Å². The van der Waals surface area contributed by atoms with Crippen molar-refractivity contribution >= 4 is 17.4 Å². The zero-order valence-corrected chi connectivity index (χ0v) is 15.6. The van der Waals surface area contributed by atoms with Gasteiger partial charge in [0.15, 0.2) is 23.0 Å². The Morgan fingerprint density at radius 3 is 2.96 bits per heavy atom. The lowest BCUT2D eigenvalue weighted by Crippen LogP contribution is -2.24. The second kappa shape index (κ2) is 8.12. The SMILES string of the molecule is CCCNC(=O)CCc1nnc2ccc(NCc3ccc4c(c3)OCO4)nn12. The molecule has 0 bridgehead atoms. The van der Waals surface area contributed by atoms with Crippen molar-refractivity contribution in [3.63, 3.8) is 0 Å². The second-order valence-electron chi connectivity index (χ2n) is 6.50. The van der Waals surface area contributed by atoms with E-state index in [-0.39, 0.29) is 12.7 Å². The van der Waals surface area contributed by atoms with Gasteiger partial charge in [-0.2, -0.15) is 4.52 Å². The predicted molar refractivity (Wildman–Crippen MR) is 102 cm³/mol. The van der Waals surface area contributed by atoms with Gasteiger partial charge in [-0.1, -0.05) is 13.0 Å². The maximum Gasteiger partial charge on any atom is 0.231 e. The van der Waals surface area contributed by atoms with Gasteiger partial charge >= 0.3 is 0 Å². The standard InChI is InChI=1S/C19H22N6O3/c1-2-9-20-19(26)8-7-18-23-22-17-6-5-16(24-25(17)18)21-11-13-3-4-14-15(10-13)28-12-27-14/h3-6,10H,2,7-9,11-12H2,1H3,(H,20,26)(H,21,24). The molecule has 0 fully saturated rings. The molecule has 28 heavy (non-hydrogen) atoms. The van der Waals surface area contributed by atoms with Crippen molar-refractivity contribution in [2.75, 3.05) is 18.7 Å². The van der Waals surface area contributed by atoms with E-state index in [1.54, 1.807) is 4.52 Å². The number of benzene rings is 1. The number of fused-ring (bicyclic) bond motifs is 2. The first-order valence-corrected chi connectivity index (χ1v) is 9.33. The summed E-state index contributed by atoms with van der Waals surface area (Å²) in [7, 11) is 0. The van der Waals surface area contributed by atoms with Crippen molar-refractivity contribution in [1.82, 2.24) is 25.1 Å². The third-order valence-corrected chi connectivity index (χ3v) is 4.39. The molecule has 2 N–H and O–H groups in total. The summed E-state index contributed by atoms with van der Waals surface area (Å²) < 4.78 is 12.4. The smallest absolute Gasteiger partial charge is 0.231 e. The van der Waals surface area contributed by atoms with Crippen LogP contribution in [0.3, 0.4) is 0 Å². The molecule has 0 atom stereocenters. The molecule has 9 nitrogen and oxygen atoms in total. The summed E-state index contributed by atoms with van der Waals surface area (Å²) in [6, 6.07) is 9.54. The van der Waals surface area contributed by atoms with E-state index in [4.69, 9.17) is 9.47 Å². The van der Waals surface area contributed by atoms with E-state index in [1.165, 1.54) is 0 Å². The topological polar surface area (TPSA) is 103 Å². The highest BCUT2D eigenvalue weighted by molar-refractivity contribution is 5.76. The molecule has 1 amide bonds. The molecule has 1 aliphatic heterocycles. The highest BCUT2D eigenvalue weighted by Gasteiger charge is 2.13. The van der Waals surface area contributed by atoms with Crippen LogP contribution in [0, 0.1) is 0 Å². The first kappa shape index (κ1) is 18.0. The van der Waals surface area contributed by atoms with Crippen LogP contribution in [0.15, 0.2) is 30.3 Å².